The molecule has 2 heterocycles. The van der Waals surface area contributed by atoms with Crippen molar-refractivity contribution < 1.29 is 18.3 Å². The quantitative estimate of drug-likeness (QED) is 0.750. The van der Waals surface area contributed by atoms with Crippen molar-refractivity contribution in [1.29, 1.82) is 0 Å². The minimum absolute atomic E-state index is 0.210. The highest BCUT2D eigenvalue weighted by molar-refractivity contribution is 9.10. The van der Waals surface area contributed by atoms with Crippen LogP contribution in [0.3, 0.4) is 0 Å². The first-order valence-electron chi connectivity index (χ1n) is 7.32. The molecule has 5 nitrogen and oxygen atoms in total. The zero-order valence-corrected chi connectivity index (χ0v) is 14.5. The largest absolute Gasteiger partial charge is 0.417 e. The van der Waals surface area contributed by atoms with E-state index < -0.39 is 12.5 Å². The Morgan fingerprint density at radius 2 is 2.12 bits per heavy atom. The third-order valence-electron chi connectivity index (χ3n) is 3.24. The van der Waals surface area contributed by atoms with Crippen molar-refractivity contribution >= 4 is 27.7 Å². The zero-order valence-electron chi connectivity index (χ0n) is 12.9. The fraction of sp³-hybridized carbons (Fsp3) is 0.312. The van der Waals surface area contributed by atoms with Crippen LogP contribution in [0.15, 0.2) is 41.1 Å². The normalized spacial score (nSPS) is 12.0. The van der Waals surface area contributed by atoms with Crippen LogP contribution >= 0.6 is 15.9 Å². The molecule has 0 spiro atoms. The first-order chi connectivity index (χ1) is 11.5. The van der Waals surface area contributed by atoms with Gasteiger partial charge in [-0.15, -0.1) is 0 Å². The Morgan fingerprint density at radius 1 is 1.33 bits per heavy atom. The second-order valence-corrected chi connectivity index (χ2v) is 5.91. The molecule has 2 aromatic rings. The van der Waals surface area contributed by atoms with Crippen LogP contribution in [-0.2, 0) is 4.79 Å². The number of aromatic nitrogens is 2. The van der Waals surface area contributed by atoms with Gasteiger partial charge in [0.2, 0.25) is 11.8 Å². The first kappa shape index (κ1) is 18.3. The van der Waals surface area contributed by atoms with Gasteiger partial charge in [-0.3, -0.25) is 4.79 Å². The van der Waals surface area contributed by atoms with E-state index in [4.69, 9.17) is 0 Å². The summed E-state index contributed by atoms with van der Waals surface area (Å²) >= 11 is 3.27. The number of amides is 1. The van der Waals surface area contributed by atoms with Crippen LogP contribution < -0.4 is 10.1 Å². The molecule has 0 aliphatic rings. The van der Waals surface area contributed by atoms with Crippen molar-refractivity contribution in [2.24, 2.45) is 0 Å². The van der Waals surface area contributed by atoms with E-state index in [0.29, 0.717) is 17.8 Å². The van der Waals surface area contributed by atoms with Gasteiger partial charge in [-0.05, 0) is 46.1 Å². The minimum atomic E-state index is -2.96. The third-order valence-corrected chi connectivity index (χ3v) is 3.71. The minimum Gasteiger partial charge on any atom is -0.417 e. The lowest BCUT2D eigenvalue weighted by Gasteiger charge is -2.17. The van der Waals surface area contributed by atoms with Gasteiger partial charge in [0.1, 0.15) is 5.82 Å². The summed E-state index contributed by atoms with van der Waals surface area (Å²) in [5.74, 6) is -0.565. The lowest BCUT2D eigenvalue weighted by atomic mass is 9.94. The number of hydrogen-bond acceptors (Lipinski definition) is 4. The molecule has 0 bridgehead atoms. The van der Waals surface area contributed by atoms with Gasteiger partial charge in [-0.1, -0.05) is 13.3 Å². The van der Waals surface area contributed by atoms with Crippen LogP contribution in [-0.4, -0.2) is 22.5 Å². The maximum atomic E-state index is 12.5. The molecule has 1 amide bonds. The number of halogens is 3. The van der Waals surface area contributed by atoms with E-state index in [1.54, 1.807) is 24.4 Å². The summed E-state index contributed by atoms with van der Waals surface area (Å²) in [6.07, 6.45) is 4.23. The first-order valence-corrected chi connectivity index (χ1v) is 8.12. The summed E-state index contributed by atoms with van der Waals surface area (Å²) in [5, 5.41) is 2.73. The summed E-state index contributed by atoms with van der Waals surface area (Å²) in [6, 6.07) is 6.41. The predicted octanol–water partition coefficient (Wildman–Crippen LogP) is 4.36. The van der Waals surface area contributed by atoms with Crippen molar-refractivity contribution in [3.63, 3.8) is 0 Å². The highest BCUT2D eigenvalue weighted by atomic mass is 79.9. The number of rotatable bonds is 7. The molecule has 1 unspecified atom stereocenters. The van der Waals surface area contributed by atoms with E-state index in [9.17, 15) is 13.6 Å². The van der Waals surface area contributed by atoms with E-state index in [1.165, 1.54) is 12.3 Å². The van der Waals surface area contributed by atoms with E-state index in [2.05, 4.69) is 36.0 Å². The number of nitrogens with one attached hydrogen (secondary N) is 1. The molecular formula is C16H16BrF2N3O2. The Kier molecular flexibility index (Phi) is 6.60. The van der Waals surface area contributed by atoms with Gasteiger partial charge in [0.05, 0.1) is 5.92 Å². The Balaban J connectivity index is 2.18. The molecule has 8 heteroatoms. The summed E-state index contributed by atoms with van der Waals surface area (Å²) in [4.78, 5) is 20.4. The number of carbonyl (C=O) groups is 1. The molecule has 0 aliphatic carbocycles. The molecule has 1 atom stereocenters. The average Bonchev–Trinajstić information content (AvgIpc) is 2.54. The molecule has 0 saturated heterocycles. The standard InChI is InChI=1S/C16H16BrF2N3O2/c1-2-3-12(10-6-7-20-14(8-10)24-16(18)19)15(23)22-13-5-4-11(17)9-21-13/h4-9,12,16H,2-3H2,1H3,(H,21,22,23). The van der Waals surface area contributed by atoms with E-state index in [0.717, 1.165) is 10.9 Å². The van der Waals surface area contributed by atoms with Crippen molar-refractivity contribution in [2.75, 3.05) is 5.32 Å². The fourth-order valence-corrected chi connectivity index (χ4v) is 2.43. The van der Waals surface area contributed by atoms with E-state index in [-0.39, 0.29) is 11.8 Å². The molecule has 128 valence electrons. The number of hydrogen-bond donors (Lipinski definition) is 1. The maximum absolute atomic E-state index is 12.5. The van der Waals surface area contributed by atoms with E-state index >= 15 is 0 Å². The van der Waals surface area contributed by atoms with E-state index in [1.807, 2.05) is 6.92 Å². The molecule has 1 N–H and O–H groups in total. The van der Waals surface area contributed by atoms with Crippen molar-refractivity contribution in [3.05, 3.63) is 46.7 Å². The Morgan fingerprint density at radius 3 is 2.75 bits per heavy atom. The number of anilines is 1. The Bertz CT molecular complexity index is 683. The van der Waals surface area contributed by atoms with Gasteiger partial charge in [0.15, 0.2) is 0 Å². The molecule has 24 heavy (non-hydrogen) atoms. The van der Waals surface area contributed by atoms with Gasteiger partial charge in [0.25, 0.3) is 0 Å². The average molecular weight is 400 g/mol. The van der Waals surface area contributed by atoms with Crippen LogP contribution in [0.1, 0.15) is 31.2 Å². The monoisotopic (exact) mass is 399 g/mol. The number of pyridine rings is 2. The van der Waals surface area contributed by atoms with Crippen LogP contribution in [0.4, 0.5) is 14.6 Å². The van der Waals surface area contributed by atoms with Gasteiger partial charge in [-0.2, -0.15) is 8.78 Å². The smallest absolute Gasteiger partial charge is 0.388 e. The second kappa shape index (κ2) is 8.68. The molecule has 0 aromatic carbocycles. The lowest BCUT2D eigenvalue weighted by Crippen LogP contribution is -2.22. The number of nitrogens with zero attached hydrogens (tertiary/aromatic N) is 2. The topological polar surface area (TPSA) is 64.1 Å². The van der Waals surface area contributed by atoms with Gasteiger partial charge in [-0.25, -0.2) is 9.97 Å². The summed E-state index contributed by atoms with van der Waals surface area (Å²) < 4.78 is 29.8. The lowest BCUT2D eigenvalue weighted by molar-refractivity contribution is -0.117. The number of ether oxygens (including phenoxy) is 1. The molecular weight excluding hydrogens is 384 g/mol. The fourth-order valence-electron chi connectivity index (χ4n) is 2.20. The van der Waals surface area contributed by atoms with Crippen LogP contribution in [0, 0.1) is 0 Å². The third kappa shape index (κ3) is 5.23. The van der Waals surface area contributed by atoms with Crippen LogP contribution in [0.25, 0.3) is 0 Å². The van der Waals surface area contributed by atoms with Crippen LogP contribution in [0.2, 0.25) is 0 Å². The maximum Gasteiger partial charge on any atom is 0.388 e. The summed E-state index contributed by atoms with van der Waals surface area (Å²) in [5.41, 5.74) is 0.567. The highest BCUT2D eigenvalue weighted by Gasteiger charge is 2.21. The van der Waals surface area contributed by atoms with Crippen molar-refractivity contribution in [1.82, 2.24) is 9.97 Å². The molecule has 0 fully saturated rings. The zero-order chi connectivity index (χ0) is 17.5. The predicted molar refractivity (Wildman–Crippen MR) is 89.1 cm³/mol. The van der Waals surface area contributed by atoms with Crippen LogP contribution in [0.5, 0.6) is 5.88 Å². The molecule has 2 aromatic heterocycles. The highest BCUT2D eigenvalue weighted by Crippen LogP contribution is 2.26. The number of alkyl halides is 2. The van der Waals surface area contributed by atoms with Gasteiger partial charge in [0, 0.05) is 22.9 Å². The molecule has 0 aliphatic heterocycles. The van der Waals surface area contributed by atoms with Gasteiger partial charge < -0.3 is 10.1 Å². The second-order valence-electron chi connectivity index (χ2n) is 5.00. The van der Waals surface area contributed by atoms with Gasteiger partial charge >= 0.3 is 6.61 Å². The Hall–Kier alpha value is -2.09. The number of carbonyl (C=O) groups excluding carboxylic acids is 1. The SMILES string of the molecule is CCCC(C(=O)Nc1ccc(Br)cn1)c1ccnc(OC(F)F)c1. The Labute approximate surface area is 146 Å². The van der Waals surface area contributed by atoms with Crippen molar-refractivity contribution in [3.8, 4) is 5.88 Å². The molecule has 0 radical (unpaired) electrons. The molecule has 2 rings (SSSR count). The molecule has 0 saturated carbocycles. The van der Waals surface area contributed by atoms with Crippen molar-refractivity contribution in [2.45, 2.75) is 32.3 Å². The summed E-state index contributed by atoms with van der Waals surface area (Å²) in [6.45, 7) is -1.02. The summed E-state index contributed by atoms with van der Waals surface area (Å²) in [7, 11) is 0.